The van der Waals surface area contributed by atoms with Gasteiger partial charge in [0.1, 0.15) is 11.6 Å². The number of hydrogen-bond acceptors (Lipinski definition) is 4. The molecule has 134 valence electrons. The number of nitrogens with zero attached hydrogens (tertiary/aromatic N) is 2. The molecule has 0 unspecified atom stereocenters. The van der Waals surface area contributed by atoms with Crippen LogP contribution in [-0.4, -0.2) is 22.1 Å². The lowest BCUT2D eigenvalue weighted by Crippen LogP contribution is -2.17. The number of rotatable bonds is 6. The van der Waals surface area contributed by atoms with Gasteiger partial charge in [0.2, 0.25) is 5.91 Å². The van der Waals surface area contributed by atoms with Crippen molar-refractivity contribution in [3.05, 3.63) is 64.6 Å². The van der Waals surface area contributed by atoms with E-state index in [0.717, 1.165) is 16.5 Å². The van der Waals surface area contributed by atoms with Crippen LogP contribution in [0.4, 0.5) is 5.82 Å². The first-order valence-electron chi connectivity index (χ1n) is 8.48. The summed E-state index contributed by atoms with van der Waals surface area (Å²) >= 11 is 0. The molecule has 0 saturated heterocycles. The lowest BCUT2D eigenvalue weighted by atomic mass is 10.2. The van der Waals surface area contributed by atoms with Gasteiger partial charge < -0.3 is 14.6 Å². The van der Waals surface area contributed by atoms with E-state index in [0.29, 0.717) is 31.0 Å². The van der Waals surface area contributed by atoms with Crippen molar-refractivity contribution in [3.63, 3.8) is 0 Å². The van der Waals surface area contributed by atoms with E-state index in [2.05, 4.69) is 10.3 Å². The van der Waals surface area contributed by atoms with Crippen LogP contribution >= 0.6 is 0 Å². The number of amides is 1. The smallest absolute Gasteiger partial charge is 0.254 e. The normalized spacial score (nSPS) is 10.7. The fraction of sp³-hybridized carbons (Fsp3) is 0.250. The third kappa shape index (κ3) is 4.08. The highest BCUT2D eigenvalue weighted by Crippen LogP contribution is 2.23. The van der Waals surface area contributed by atoms with E-state index in [1.54, 1.807) is 23.9 Å². The third-order valence-electron chi connectivity index (χ3n) is 4.10. The first-order chi connectivity index (χ1) is 12.5. The summed E-state index contributed by atoms with van der Waals surface area (Å²) in [6, 6.07) is 12.7. The molecule has 1 amide bonds. The van der Waals surface area contributed by atoms with Crippen molar-refractivity contribution in [2.45, 2.75) is 19.8 Å². The molecule has 0 bridgehead atoms. The summed E-state index contributed by atoms with van der Waals surface area (Å²) in [5, 5.41) is 3.63. The quantitative estimate of drug-likeness (QED) is 0.693. The number of fused-ring (bicyclic) bond motifs is 1. The van der Waals surface area contributed by atoms with Crippen molar-refractivity contribution in [1.82, 2.24) is 9.55 Å². The van der Waals surface area contributed by atoms with Crippen LogP contribution in [-0.2, 0) is 11.8 Å². The Hall–Kier alpha value is -3.15. The average molecular weight is 351 g/mol. The van der Waals surface area contributed by atoms with Gasteiger partial charge in [-0.15, -0.1) is 0 Å². The Morgan fingerprint density at radius 1 is 1.23 bits per heavy atom. The summed E-state index contributed by atoms with van der Waals surface area (Å²) in [4.78, 5) is 28.1. The van der Waals surface area contributed by atoms with Gasteiger partial charge in [-0.1, -0.05) is 18.2 Å². The predicted octanol–water partition coefficient (Wildman–Crippen LogP) is 3.04. The maximum absolute atomic E-state index is 12.0. The minimum absolute atomic E-state index is 0.112. The number of ether oxygens (including phenoxy) is 1. The number of hydrogen-bond donors (Lipinski definition) is 1. The molecule has 0 spiro atoms. The van der Waals surface area contributed by atoms with E-state index in [1.807, 2.05) is 37.3 Å². The maximum Gasteiger partial charge on any atom is 0.254 e. The second-order valence-corrected chi connectivity index (χ2v) is 6.14. The maximum atomic E-state index is 12.0. The zero-order chi connectivity index (χ0) is 18.5. The number of pyridine rings is 2. The molecule has 3 aromatic rings. The highest BCUT2D eigenvalue weighted by Gasteiger charge is 2.08. The summed E-state index contributed by atoms with van der Waals surface area (Å²) < 4.78 is 7.35. The predicted molar refractivity (Wildman–Crippen MR) is 102 cm³/mol. The zero-order valence-electron chi connectivity index (χ0n) is 14.9. The van der Waals surface area contributed by atoms with Crippen LogP contribution in [0.3, 0.4) is 0 Å². The number of aryl methyl sites for hydroxylation is 2. The van der Waals surface area contributed by atoms with Crippen molar-refractivity contribution in [2.75, 3.05) is 11.9 Å². The Bertz CT molecular complexity index is 978. The van der Waals surface area contributed by atoms with Crippen molar-refractivity contribution < 1.29 is 9.53 Å². The largest absolute Gasteiger partial charge is 0.493 e. The summed E-state index contributed by atoms with van der Waals surface area (Å²) in [6.45, 7) is 2.29. The van der Waals surface area contributed by atoms with Crippen LogP contribution in [0.15, 0.2) is 53.5 Å². The lowest BCUT2D eigenvalue weighted by Gasteiger charge is -2.11. The highest BCUT2D eigenvalue weighted by molar-refractivity contribution is 5.89. The van der Waals surface area contributed by atoms with Crippen LogP contribution in [0.2, 0.25) is 0 Å². The Morgan fingerprint density at radius 3 is 2.81 bits per heavy atom. The first kappa shape index (κ1) is 17.7. The molecule has 0 aliphatic carbocycles. The Kier molecular flexibility index (Phi) is 5.31. The second kappa shape index (κ2) is 7.82. The van der Waals surface area contributed by atoms with Gasteiger partial charge in [-0.3, -0.25) is 9.59 Å². The number of anilines is 1. The van der Waals surface area contributed by atoms with Crippen LogP contribution in [0.5, 0.6) is 5.75 Å². The van der Waals surface area contributed by atoms with Gasteiger partial charge in [0.25, 0.3) is 5.56 Å². The second-order valence-electron chi connectivity index (χ2n) is 6.14. The van der Waals surface area contributed by atoms with Crippen LogP contribution in [0.25, 0.3) is 10.9 Å². The molecule has 0 aliphatic heterocycles. The van der Waals surface area contributed by atoms with Gasteiger partial charge >= 0.3 is 0 Å². The molecule has 0 fully saturated rings. The number of aromatic nitrogens is 2. The van der Waals surface area contributed by atoms with E-state index in [-0.39, 0.29) is 11.5 Å². The Labute approximate surface area is 151 Å². The fourth-order valence-electron chi connectivity index (χ4n) is 2.66. The van der Waals surface area contributed by atoms with Crippen molar-refractivity contribution in [2.24, 2.45) is 7.05 Å². The molecule has 1 N–H and O–H groups in total. The van der Waals surface area contributed by atoms with E-state index in [1.165, 1.54) is 6.07 Å². The highest BCUT2D eigenvalue weighted by atomic mass is 16.5. The first-order valence-corrected chi connectivity index (χ1v) is 8.48. The third-order valence-corrected chi connectivity index (χ3v) is 4.10. The fourth-order valence-corrected chi connectivity index (χ4v) is 2.66. The summed E-state index contributed by atoms with van der Waals surface area (Å²) in [5.41, 5.74) is 1.73. The van der Waals surface area contributed by atoms with Gasteiger partial charge in [0.05, 0.1) is 12.1 Å². The summed E-state index contributed by atoms with van der Waals surface area (Å²) in [6.07, 6.45) is 2.57. The lowest BCUT2D eigenvalue weighted by molar-refractivity contribution is -0.116. The van der Waals surface area contributed by atoms with Crippen LogP contribution in [0.1, 0.15) is 18.4 Å². The number of para-hydroxylation sites is 1. The molecule has 3 rings (SSSR count). The molecule has 6 heteroatoms. The summed E-state index contributed by atoms with van der Waals surface area (Å²) in [5.74, 6) is 0.974. The molecule has 0 radical (unpaired) electrons. The monoisotopic (exact) mass is 351 g/mol. The SMILES string of the molecule is Cc1ccc(NC(=O)CCCOc2cc(=O)n(C)c3ccccc23)nc1. The minimum Gasteiger partial charge on any atom is -0.493 e. The zero-order valence-corrected chi connectivity index (χ0v) is 14.9. The summed E-state index contributed by atoms with van der Waals surface area (Å²) in [7, 11) is 1.73. The average Bonchev–Trinajstić information content (AvgIpc) is 2.64. The number of benzene rings is 1. The molecule has 0 aliphatic rings. The van der Waals surface area contributed by atoms with E-state index < -0.39 is 0 Å². The van der Waals surface area contributed by atoms with Gasteiger partial charge in [-0.05, 0) is 37.1 Å². The standard InChI is InChI=1S/C20H21N3O3/c1-14-9-10-18(21-13-14)22-19(24)8-5-11-26-17-12-20(25)23(2)16-7-4-3-6-15(16)17/h3-4,6-7,9-10,12-13H,5,8,11H2,1-2H3,(H,21,22,24). The van der Waals surface area contributed by atoms with E-state index in [4.69, 9.17) is 4.74 Å². The topological polar surface area (TPSA) is 73.2 Å². The van der Waals surface area contributed by atoms with Gasteiger partial charge in [-0.2, -0.15) is 0 Å². The van der Waals surface area contributed by atoms with Crippen LogP contribution in [0, 0.1) is 6.92 Å². The Morgan fingerprint density at radius 2 is 2.04 bits per heavy atom. The van der Waals surface area contributed by atoms with Crippen molar-refractivity contribution in [3.8, 4) is 5.75 Å². The molecule has 2 heterocycles. The molecule has 6 nitrogen and oxygen atoms in total. The molecule has 1 aromatic carbocycles. The van der Waals surface area contributed by atoms with Gasteiger partial charge in [0.15, 0.2) is 0 Å². The van der Waals surface area contributed by atoms with Crippen LogP contribution < -0.4 is 15.6 Å². The number of carbonyl (C=O) groups is 1. The van der Waals surface area contributed by atoms with Gasteiger partial charge in [0, 0.05) is 31.1 Å². The van der Waals surface area contributed by atoms with E-state index in [9.17, 15) is 9.59 Å². The minimum atomic E-state index is -0.123. The number of nitrogens with one attached hydrogen (secondary N) is 1. The van der Waals surface area contributed by atoms with E-state index >= 15 is 0 Å². The molecule has 0 saturated carbocycles. The molecule has 0 atom stereocenters. The van der Waals surface area contributed by atoms with Crippen molar-refractivity contribution in [1.29, 1.82) is 0 Å². The Balaban J connectivity index is 1.56. The molecular formula is C20H21N3O3. The van der Waals surface area contributed by atoms with Gasteiger partial charge in [-0.25, -0.2) is 4.98 Å². The molecule has 2 aromatic heterocycles. The van der Waals surface area contributed by atoms with Crippen molar-refractivity contribution >= 4 is 22.6 Å². The number of carbonyl (C=O) groups excluding carboxylic acids is 1. The molecule has 26 heavy (non-hydrogen) atoms. The molecular weight excluding hydrogens is 330 g/mol.